The normalized spacial score (nSPS) is 16.4. The molecular weight excluding hydrogens is 202 g/mol. The summed E-state index contributed by atoms with van der Waals surface area (Å²) in [5, 5.41) is 0.683. The van der Waals surface area contributed by atoms with Crippen LogP contribution in [0, 0.1) is 0 Å². The van der Waals surface area contributed by atoms with Crippen molar-refractivity contribution in [3.05, 3.63) is 28.8 Å². The summed E-state index contributed by atoms with van der Waals surface area (Å²) >= 11 is 5.84. The predicted octanol–water partition coefficient (Wildman–Crippen LogP) is 1.58. The van der Waals surface area contributed by atoms with Crippen LogP contribution in [0.4, 0.5) is 0 Å². The van der Waals surface area contributed by atoms with Crippen molar-refractivity contribution in [2.45, 2.75) is 12.6 Å². The summed E-state index contributed by atoms with van der Waals surface area (Å²) in [6, 6.07) is 5.48. The summed E-state index contributed by atoms with van der Waals surface area (Å²) in [5.41, 5.74) is 6.52. The average molecular weight is 214 g/mol. The standard InChI is InChI=1S/C10H12ClNO2/c11-8-1-2-10(7(3-8)4-12)14-9-5-13-6-9/h1-3,9H,4-6,12H2. The van der Waals surface area contributed by atoms with Crippen LogP contribution in [0.2, 0.25) is 5.02 Å². The first-order chi connectivity index (χ1) is 6.79. The lowest BCUT2D eigenvalue weighted by atomic mass is 10.2. The fourth-order valence-corrected chi connectivity index (χ4v) is 1.48. The van der Waals surface area contributed by atoms with Gasteiger partial charge < -0.3 is 15.2 Å². The Kier molecular flexibility index (Phi) is 2.91. The molecule has 76 valence electrons. The van der Waals surface area contributed by atoms with Gasteiger partial charge in [-0.2, -0.15) is 0 Å². The number of hydrogen-bond donors (Lipinski definition) is 1. The molecule has 14 heavy (non-hydrogen) atoms. The summed E-state index contributed by atoms with van der Waals surface area (Å²) in [4.78, 5) is 0. The van der Waals surface area contributed by atoms with Crippen molar-refractivity contribution >= 4 is 11.6 Å². The highest BCUT2D eigenvalue weighted by molar-refractivity contribution is 6.30. The first-order valence-corrected chi connectivity index (χ1v) is 4.90. The summed E-state index contributed by atoms with van der Waals surface area (Å²) in [6.07, 6.45) is 0.168. The molecule has 0 unspecified atom stereocenters. The van der Waals surface area contributed by atoms with Crippen LogP contribution in [0.15, 0.2) is 18.2 Å². The zero-order valence-electron chi connectivity index (χ0n) is 7.70. The minimum absolute atomic E-state index is 0.168. The van der Waals surface area contributed by atoms with Crippen LogP contribution in [0.3, 0.4) is 0 Å². The lowest BCUT2D eigenvalue weighted by Gasteiger charge is -2.27. The van der Waals surface area contributed by atoms with E-state index in [9.17, 15) is 0 Å². The molecule has 1 aliphatic heterocycles. The van der Waals surface area contributed by atoms with Gasteiger partial charge in [0.05, 0.1) is 13.2 Å². The molecule has 0 radical (unpaired) electrons. The number of nitrogens with two attached hydrogens (primary N) is 1. The topological polar surface area (TPSA) is 44.5 Å². The van der Waals surface area contributed by atoms with Gasteiger partial charge in [-0.3, -0.25) is 0 Å². The second-order valence-corrected chi connectivity index (χ2v) is 3.67. The number of ether oxygens (including phenoxy) is 2. The van der Waals surface area contributed by atoms with Crippen LogP contribution in [0.1, 0.15) is 5.56 Å². The van der Waals surface area contributed by atoms with Gasteiger partial charge >= 0.3 is 0 Å². The summed E-state index contributed by atoms with van der Waals surface area (Å²) in [5.74, 6) is 0.810. The van der Waals surface area contributed by atoms with E-state index in [4.69, 9.17) is 26.8 Å². The molecule has 2 N–H and O–H groups in total. The molecule has 1 aromatic carbocycles. The Hall–Kier alpha value is -0.770. The third-order valence-electron chi connectivity index (χ3n) is 2.14. The van der Waals surface area contributed by atoms with Crippen LogP contribution in [-0.2, 0) is 11.3 Å². The molecule has 2 rings (SSSR count). The van der Waals surface area contributed by atoms with E-state index in [1.165, 1.54) is 0 Å². The predicted molar refractivity (Wildman–Crippen MR) is 54.6 cm³/mol. The van der Waals surface area contributed by atoms with Gasteiger partial charge in [0, 0.05) is 17.1 Å². The molecule has 1 saturated heterocycles. The van der Waals surface area contributed by atoms with E-state index in [2.05, 4.69) is 0 Å². The molecule has 1 aromatic rings. The van der Waals surface area contributed by atoms with Gasteiger partial charge in [-0.15, -0.1) is 0 Å². The number of rotatable bonds is 3. The Bertz CT molecular complexity index is 326. The van der Waals surface area contributed by atoms with E-state index in [0.29, 0.717) is 24.8 Å². The smallest absolute Gasteiger partial charge is 0.145 e. The van der Waals surface area contributed by atoms with Crippen molar-refractivity contribution in [1.82, 2.24) is 0 Å². The van der Waals surface area contributed by atoms with E-state index in [1.807, 2.05) is 12.1 Å². The maximum atomic E-state index is 5.84. The third kappa shape index (κ3) is 2.00. The molecular formula is C10H12ClNO2. The molecule has 4 heteroatoms. The molecule has 0 amide bonds. The summed E-state index contributed by atoms with van der Waals surface area (Å²) in [6.45, 7) is 1.75. The Labute approximate surface area is 87.8 Å². The van der Waals surface area contributed by atoms with Gasteiger partial charge in [-0.1, -0.05) is 11.6 Å². The third-order valence-corrected chi connectivity index (χ3v) is 2.38. The van der Waals surface area contributed by atoms with Crippen molar-refractivity contribution in [3.63, 3.8) is 0 Å². The molecule has 1 heterocycles. The Balaban J connectivity index is 2.14. The Morgan fingerprint density at radius 2 is 2.29 bits per heavy atom. The molecule has 0 spiro atoms. The summed E-state index contributed by atoms with van der Waals surface area (Å²) < 4.78 is 10.7. The quantitative estimate of drug-likeness (QED) is 0.829. The van der Waals surface area contributed by atoms with Crippen molar-refractivity contribution in [2.24, 2.45) is 5.73 Å². The maximum absolute atomic E-state index is 5.84. The van der Waals surface area contributed by atoms with Crippen LogP contribution in [0.25, 0.3) is 0 Å². The van der Waals surface area contributed by atoms with Crippen molar-refractivity contribution in [1.29, 1.82) is 0 Å². The summed E-state index contributed by atoms with van der Waals surface area (Å²) in [7, 11) is 0. The molecule has 0 aliphatic carbocycles. The van der Waals surface area contributed by atoms with E-state index in [0.717, 1.165) is 11.3 Å². The van der Waals surface area contributed by atoms with Gasteiger partial charge in [0.25, 0.3) is 0 Å². The van der Waals surface area contributed by atoms with E-state index >= 15 is 0 Å². The van der Waals surface area contributed by atoms with Gasteiger partial charge in [-0.05, 0) is 18.2 Å². The highest BCUT2D eigenvalue weighted by Gasteiger charge is 2.20. The van der Waals surface area contributed by atoms with Gasteiger partial charge in [0.15, 0.2) is 0 Å². The van der Waals surface area contributed by atoms with Gasteiger partial charge in [-0.25, -0.2) is 0 Å². The molecule has 1 fully saturated rings. The maximum Gasteiger partial charge on any atom is 0.145 e. The van der Waals surface area contributed by atoms with E-state index in [1.54, 1.807) is 6.07 Å². The van der Waals surface area contributed by atoms with E-state index < -0.39 is 0 Å². The molecule has 0 atom stereocenters. The number of halogens is 1. The first kappa shape index (κ1) is 9.77. The SMILES string of the molecule is NCc1cc(Cl)ccc1OC1COC1. The minimum Gasteiger partial charge on any atom is -0.485 e. The second kappa shape index (κ2) is 4.17. The molecule has 3 nitrogen and oxygen atoms in total. The molecule has 0 aromatic heterocycles. The molecule has 0 bridgehead atoms. The minimum atomic E-state index is 0.168. The van der Waals surface area contributed by atoms with Crippen LogP contribution < -0.4 is 10.5 Å². The fourth-order valence-electron chi connectivity index (χ4n) is 1.28. The van der Waals surface area contributed by atoms with Gasteiger partial charge in [0.2, 0.25) is 0 Å². The highest BCUT2D eigenvalue weighted by Crippen LogP contribution is 2.24. The fraction of sp³-hybridized carbons (Fsp3) is 0.400. The van der Waals surface area contributed by atoms with Crippen molar-refractivity contribution < 1.29 is 9.47 Å². The zero-order valence-corrected chi connectivity index (χ0v) is 8.46. The van der Waals surface area contributed by atoms with Crippen molar-refractivity contribution in [3.8, 4) is 5.75 Å². The van der Waals surface area contributed by atoms with Gasteiger partial charge in [0.1, 0.15) is 11.9 Å². The van der Waals surface area contributed by atoms with Crippen LogP contribution in [-0.4, -0.2) is 19.3 Å². The molecule has 0 saturated carbocycles. The molecule has 1 aliphatic rings. The monoisotopic (exact) mass is 213 g/mol. The second-order valence-electron chi connectivity index (χ2n) is 3.23. The zero-order chi connectivity index (χ0) is 9.97. The van der Waals surface area contributed by atoms with Crippen molar-refractivity contribution in [2.75, 3.05) is 13.2 Å². The van der Waals surface area contributed by atoms with Crippen LogP contribution >= 0.6 is 11.6 Å². The number of benzene rings is 1. The highest BCUT2D eigenvalue weighted by atomic mass is 35.5. The first-order valence-electron chi connectivity index (χ1n) is 4.52. The lowest BCUT2D eigenvalue weighted by Crippen LogP contribution is -2.38. The average Bonchev–Trinajstić information content (AvgIpc) is 2.13. The Morgan fingerprint density at radius 3 is 2.86 bits per heavy atom. The van der Waals surface area contributed by atoms with Crippen LogP contribution in [0.5, 0.6) is 5.75 Å². The number of hydrogen-bond acceptors (Lipinski definition) is 3. The largest absolute Gasteiger partial charge is 0.485 e. The Morgan fingerprint density at radius 1 is 1.50 bits per heavy atom. The van der Waals surface area contributed by atoms with E-state index in [-0.39, 0.29) is 6.10 Å². The lowest BCUT2D eigenvalue weighted by molar-refractivity contribution is -0.0799.